The summed E-state index contributed by atoms with van der Waals surface area (Å²) < 4.78 is 0. The minimum absolute atomic E-state index is 0.725. The summed E-state index contributed by atoms with van der Waals surface area (Å²) in [5.74, 6) is 1.45. The van der Waals surface area contributed by atoms with Crippen molar-refractivity contribution in [3.63, 3.8) is 0 Å². The minimum Gasteiger partial charge on any atom is -0.237 e. The van der Waals surface area contributed by atoms with Crippen LogP contribution in [0, 0.1) is 6.92 Å². The van der Waals surface area contributed by atoms with Gasteiger partial charge in [0.05, 0.1) is 0 Å². The molecule has 5 rings (SSSR count). The highest BCUT2D eigenvalue weighted by atomic mass is 14.9. The Kier molecular flexibility index (Phi) is 3.61. The first-order chi connectivity index (χ1) is 13.3. The molecule has 0 atom stereocenters. The second-order valence-electron chi connectivity index (χ2n) is 6.49. The quantitative estimate of drug-likeness (QED) is 0.411. The average Bonchev–Trinajstić information content (AvgIpc) is 2.73. The zero-order valence-electron chi connectivity index (χ0n) is 14.8. The Bertz CT molecular complexity index is 1270. The molecule has 2 heterocycles. The zero-order chi connectivity index (χ0) is 18.2. The van der Waals surface area contributed by atoms with Gasteiger partial charge in [0.25, 0.3) is 0 Å². The number of fused-ring (bicyclic) bond motifs is 2. The summed E-state index contributed by atoms with van der Waals surface area (Å²) >= 11 is 0. The van der Waals surface area contributed by atoms with Crippen molar-refractivity contribution in [1.82, 2.24) is 19.9 Å². The normalized spacial score (nSPS) is 11.1. The van der Waals surface area contributed by atoms with Crippen molar-refractivity contribution in [2.45, 2.75) is 6.92 Å². The van der Waals surface area contributed by atoms with Gasteiger partial charge >= 0.3 is 0 Å². The highest BCUT2D eigenvalue weighted by Crippen LogP contribution is 2.41. The Morgan fingerprint density at radius 2 is 1.00 bits per heavy atom. The lowest BCUT2D eigenvalue weighted by Gasteiger charge is -2.16. The maximum Gasteiger partial charge on any atom is 0.160 e. The molecule has 0 radical (unpaired) electrons. The molecule has 27 heavy (non-hydrogen) atoms. The molecule has 0 aliphatic heterocycles. The van der Waals surface area contributed by atoms with Crippen LogP contribution in [-0.2, 0) is 0 Å². The van der Waals surface area contributed by atoms with Gasteiger partial charge in [0, 0.05) is 35.9 Å². The van der Waals surface area contributed by atoms with Crippen LogP contribution in [0.5, 0.6) is 0 Å². The lowest BCUT2D eigenvalue weighted by Crippen LogP contribution is -1.96. The second-order valence-corrected chi connectivity index (χ2v) is 6.49. The molecule has 5 aromatic rings. The van der Waals surface area contributed by atoms with Crippen molar-refractivity contribution < 1.29 is 0 Å². The Balaban J connectivity index is 2.04. The fourth-order valence-electron chi connectivity index (χ4n) is 3.63. The van der Waals surface area contributed by atoms with Gasteiger partial charge in [-0.25, -0.2) is 19.9 Å². The fraction of sp³-hybridized carbons (Fsp3) is 0.0435. The van der Waals surface area contributed by atoms with Crippen molar-refractivity contribution in [3.05, 3.63) is 84.9 Å². The highest BCUT2D eigenvalue weighted by molar-refractivity contribution is 6.20. The van der Waals surface area contributed by atoms with Gasteiger partial charge in [-0.1, -0.05) is 48.0 Å². The summed E-state index contributed by atoms with van der Waals surface area (Å²) in [6, 6.07) is 18.5. The Morgan fingerprint density at radius 1 is 0.519 bits per heavy atom. The van der Waals surface area contributed by atoms with Crippen LogP contribution in [0.25, 0.3) is 44.3 Å². The average molecular weight is 348 g/mol. The highest BCUT2D eigenvalue weighted by Gasteiger charge is 2.18. The van der Waals surface area contributed by atoms with Gasteiger partial charge in [-0.05, 0) is 40.6 Å². The van der Waals surface area contributed by atoms with E-state index >= 15 is 0 Å². The molecule has 2 aromatic heterocycles. The van der Waals surface area contributed by atoms with Gasteiger partial charge in [0.15, 0.2) is 11.6 Å². The summed E-state index contributed by atoms with van der Waals surface area (Å²) in [6.07, 6.45) is 7.14. The first kappa shape index (κ1) is 15.6. The molecule has 0 N–H and O–H groups in total. The van der Waals surface area contributed by atoms with E-state index in [-0.39, 0.29) is 0 Å². The Hall–Kier alpha value is -3.66. The van der Waals surface area contributed by atoms with Crippen LogP contribution in [0.2, 0.25) is 0 Å². The SMILES string of the molecule is Cc1ccc2c(-c3ncccn3)c3ccccc3c(-c3ncccn3)c2c1. The van der Waals surface area contributed by atoms with E-state index in [1.54, 1.807) is 24.8 Å². The lowest BCUT2D eigenvalue weighted by molar-refractivity contribution is 1.18. The number of hydrogen-bond acceptors (Lipinski definition) is 4. The fourth-order valence-corrected chi connectivity index (χ4v) is 3.63. The molecule has 0 aliphatic rings. The molecule has 0 aliphatic carbocycles. The molecule has 3 aromatic carbocycles. The van der Waals surface area contributed by atoms with Gasteiger partial charge in [-0.15, -0.1) is 0 Å². The van der Waals surface area contributed by atoms with Gasteiger partial charge < -0.3 is 0 Å². The van der Waals surface area contributed by atoms with Crippen molar-refractivity contribution in [2.24, 2.45) is 0 Å². The molecule has 0 amide bonds. The van der Waals surface area contributed by atoms with Crippen LogP contribution in [0.1, 0.15) is 5.56 Å². The van der Waals surface area contributed by atoms with Crippen molar-refractivity contribution in [2.75, 3.05) is 0 Å². The summed E-state index contributed by atoms with van der Waals surface area (Å²) in [7, 11) is 0. The van der Waals surface area contributed by atoms with E-state index in [4.69, 9.17) is 0 Å². The molecule has 0 spiro atoms. The van der Waals surface area contributed by atoms with Crippen LogP contribution >= 0.6 is 0 Å². The zero-order valence-corrected chi connectivity index (χ0v) is 14.8. The molecular weight excluding hydrogens is 332 g/mol. The first-order valence-electron chi connectivity index (χ1n) is 8.83. The number of benzene rings is 3. The van der Waals surface area contributed by atoms with E-state index < -0.39 is 0 Å². The van der Waals surface area contributed by atoms with Gasteiger partial charge in [-0.2, -0.15) is 0 Å². The molecule has 0 saturated carbocycles. The second kappa shape index (κ2) is 6.25. The van der Waals surface area contributed by atoms with Crippen LogP contribution in [-0.4, -0.2) is 19.9 Å². The monoisotopic (exact) mass is 348 g/mol. The lowest BCUT2D eigenvalue weighted by atomic mass is 9.90. The third-order valence-corrected chi connectivity index (χ3v) is 4.76. The smallest absolute Gasteiger partial charge is 0.160 e. The standard InChI is InChI=1S/C23H16N4/c1-15-8-9-18-19(14-15)21(23-26-12-5-13-27-23)17-7-3-2-6-16(17)20(18)22-24-10-4-11-25-22/h2-14H,1H3. The van der Waals surface area contributed by atoms with Gasteiger partial charge in [-0.3, -0.25) is 0 Å². The number of aryl methyl sites for hydroxylation is 1. The topological polar surface area (TPSA) is 51.6 Å². The number of aromatic nitrogens is 4. The molecule has 4 nitrogen and oxygen atoms in total. The number of rotatable bonds is 2. The molecule has 0 bridgehead atoms. The summed E-state index contributed by atoms with van der Waals surface area (Å²) in [4.78, 5) is 18.1. The molecule has 128 valence electrons. The van der Waals surface area contributed by atoms with Crippen LogP contribution < -0.4 is 0 Å². The number of hydrogen-bond donors (Lipinski definition) is 0. The van der Waals surface area contributed by atoms with E-state index in [1.165, 1.54) is 5.56 Å². The molecule has 0 saturated heterocycles. The van der Waals surface area contributed by atoms with E-state index in [1.807, 2.05) is 24.3 Å². The Labute approximate surface area is 156 Å². The minimum atomic E-state index is 0.725. The largest absolute Gasteiger partial charge is 0.237 e. The summed E-state index contributed by atoms with van der Waals surface area (Å²) in [5, 5.41) is 4.42. The molecule has 4 heteroatoms. The number of nitrogens with zero attached hydrogens (tertiary/aromatic N) is 4. The maximum atomic E-state index is 4.54. The van der Waals surface area contributed by atoms with E-state index in [2.05, 4.69) is 57.2 Å². The Morgan fingerprint density at radius 3 is 1.56 bits per heavy atom. The maximum absolute atomic E-state index is 4.54. The predicted molar refractivity (Wildman–Crippen MR) is 108 cm³/mol. The summed E-state index contributed by atoms with van der Waals surface area (Å²) in [5.41, 5.74) is 3.28. The van der Waals surface area contributed by atoms with E-state index in [9.17, 15) is 0 Å². The van der Waals surface area contributed by atoms with Crippen molar-refractivity contribution >= 4 is 21.5 Å². The first-order valence-corrected chi connectivity index (χ1v) is 8.83. The van der Waals surface area contributed by atoms with Crippen molar-refractivity contribution in [3.8, 4) is 22.8 Å². The predicted octanol–water partition coefficient (Wildman–Crippen LogP) is 5.22. The summed E-state index contributed by atoms with van der Waals surface area (Å²) in [6.45, 7) is 2.10. The van der Waals surface area contributed by atoms with Crippen LogP contribution in [0.4, 0.5) is 0 Å². The third kappa shape index (κ3) is 2.54. The molecule has 0 fully saturated rings. The van der Waals surface area contributed by atoms with Crippen LogP contribution in [0.3, 0.4) is 0 Å². The van der Waals surface area contributed by atoms with Gasteiger partial charge in [0.1, 0.15) is 0 Å². The third-order valence-electron chi connectivity index (χ3n) is 4.76. The van der Waals surface area contributed by atoms with Crippen LogP contribution in [0.15, 0.2) is 79.4 Å². The van der Waals surface area contributed by atoms with Gasteiger partial charge in [0.2, 0.25) is 0 Å². The van der Waals surface area contributed by atoms with E-state index in [0.29, 0.717) is 0 Å². The molecule has 0 unspecified atom stereocenters. The van der Waals surface area contributed by atoms with E-state index in [0.717, 1.165) is 44.3 Å². The van der Waals surface area contributed by atoms with Crippen molar-refractivity contribution in [1.29, 1.82) is 0 Å². The molecular formula is C23H16N4.